The van der Waals surface area contributed by atoms with Gasteiger partial charge < -0.3 is 10.1 Å². The number of sulfonamides is 1. The predicted molar refractivity (Wildman–Crippen MR) is 91.0 cm³/mol. The lowest BCUT2D eigenvalue weighted by Crippen LogP contribution is -2.34. The van der Waals surface area contributed by atoms with Gasteiger partial charge in [-0.1, -0.05) is 0 Å². The number of pyridine rings is 1. The predicted octanol–water partition coefficient (Wildman–Crippen LogP) is 2.26. The number of aliphatic hydroxyl groups is 1. The minimum atomic E-state index is -3.62. The Morgan fingerprint density at radius 3 is 2.91 bits per heavy atom. The lowest BCUT2D eigenvalue weighted by Gasteiger charge is -2.09. The summed E-state index contributed by atoms with van der Waals surface area (Å²) in [5.41, 5.74) is 2.73. The van der Waals surface area contributed by atoms with Crippen LogP contribution in [0.1, 0.15) is 12.6 Å². The summed E-state index contributed by atoms with van der Waals surface area (Å²) in [4.78, 5) is 8.31. The molecule has 3 aromatic heterocycles. The number of thiophene rings is 1. The normalized spacial score (nSPS) is 13.5. The summed E-state index contributed by atoms with van der Waals surface area (Å²) in [5, 5.41) is 9.98. The molecular weight excluding hydrogens is 334 g/mol. The van der Waals surface area contributed by atoms with E-state index in [4.69, 9.17) is 5.11 Å². The zero-order valence-corrected chi connectivity index (χ0v) is 14.3. The van der Waals surface area contributed by atoms with Crippen LogP contribution in [0.25, 0.3) is 21.5 Å². The van der Waals surface area contributed by atoms with Gasteiger partial charge in [0, 0.05) is 33.8 Å². The molecule has 1 unspecified atom stereocenters. The van der Waals surface area contributed by atoms with Gasteiger partial charge in [-0.15, -0.1) is 11.3 Å². The lowest BCUT2D eigenvalue weighted by molar-refractivity contribution is 0.265. The van der Waals surface area contributed by atoms with Gasteiger partial charge in [0.25, 0.3) is 0 Å². The van der Waals surface area contributed by atoms with Gasteiger partial charge >= 0.3 is 0 Å². The lowest BCUT2D eigenvalue weighted by atomic mass is 10.1. The van der Waals surface area contributed by atoms with Crippen molar-refractivity contribution in [2.24, 2.45) is 0 Å². The minimum absolute atomic E-state index is 0.227. The van der Waals surface area contributed by atoms with Crippen LogP contribution >= 0.6 is 11.3 Å². The van der Waals surface area contributed by atoms with Crippen molar-refractivity contribution in [3.63, 3.8) is 0 Å². The molecule has 0 saturated carbocycles. The largest absolute Gasteiger partial charge is 0.395 e. The van der Waals surface area contributed by atoms with E-state index < -0.39 is 16.1 Å². The molecule has 0 spiro atoms. The summed E-state index contributed by atoms with van der Waals surface area (Å²) >= 11 is 1.20. The Hall–Kier alpha value is -1.74. The van der Waals surface area contributed by atoms with E-state index in [-0.39, 0.29) is 10.8 Å². The first kappa shape index (κ1) is 16.1. The number of nitrogens with one attached hydrogen (secondary N) is 2. The molecule has 3 heterocycles. The summed E-state index contributed by atoms with van der Waals surface area (Å²) in [7, 11) is -3.62. The van der Waals surface area contributed by atoms with Crippen LogP contribution in [0.4, 0.5) is 0 Å². The van der Waals surface area contributed by atoms with Gasteiger partial charge in [0.2, 0.25) is 10.0 Å². The Kier molecular flexibility index (Phi) is 4.24. The maximum Gasteiger partial charge on any atom is 0.250 e. The number of H-pyrrole nitrogens is 1. The van der Waals surface area contributed by atoms with Crippen LogP contribution in [0.3, 0.4) is 0 Å². The topological polar surface area (TPSA) is 95.1 Å². The van der Waals surface area contributed by atoms with Gasteiger partial charge in [0.1, 0.15) is 9.86 Å². The zero-order chi connectivity index (χ0) is 16.6. The molecule has 8 heteroatoms. The van der Waals surface area contributed by atoms with Crippen LogP contribution in [0.15, 0.2) is 34.7 Å². The van der Waals surface area contributed by atoms with Crippen molar-refractivity contribution in [2.75, 3.05) is 6.61 Å². The third kappa shape index (κ3) is 3.16. The number of aromatic nitrogens is 2. The van der Waals surface area contributed by atoms with E-state index in [1.54, 1.807) is 25.3 Å². The molecule has 1 atom stereocenters. The van der Waals surface area contributed by atoms with Crippen LogP contribution in [0.5, 0.6) is 0 Å². The number of aromatic amines is 1. The number of aliphatic hydroxyl groups excluding tert-OH is 1. The van der Waals surface area contributed by atoms with Gasteiger partial charge in [-0.25, -0.2) is 18.1 Å². The molecule has 3 rings (SSSR count). The molecule has 0 bridgehead atoms. The summed E-state index contributed by atoms with van der Waals surface area (Å²) in [5.74, 6) is 0. The van der Waals surface area contributed by atoms with Crippen molar-refractivity contribution >= 4 is 32.4 Å². The Morgan fingerprint density at radius 2 is 2.17 bits per heavy atom. The summed E-state index contributed by atoms with van der Waals surface area (Å²) in [6.07, 6.45) is 1.70. The monoisotopic (exact) mass is 351 g/mol. The molecular formula is C15H17N3O3S2. The molecule has 0 amide bonds. The van der Waals surface area contributed by atoms with Gasteiger partial charge in [-0.2, -0.15) is 0 Å². The fourth-order valence-corrected chi connectivity index (χ4v) is 4.94. The Morgan fingerprint density at radius 1 is 1.39 bits per heavy atom. The molecule has 0 fully saturated rings. The van der Waals surface area contributed by atoms with Gasteiger partial charge in [0.15, 0.2) is 0 Å². The SMILES string of the molecule is Cc1cc2c(-c3ccc(S(=O)(=O)NC(C)CO)s3)ccnc2[nH]1. The standard InChI is InChI=1S/C15H17N3O3S2/c1-9-7-12-11(5-6-16-15(12)17-9)13-3-4-14(22-13)23(20,21)18-10(2)8-19/h3-7,10,18-19H,8H2,1-2H3,(H,16,17). The van der Waals surface area contributed by atoms with E-state index >= 15 is 0 Å². The molecule has 122 valence electrons. The minimum Gasteiger partial charge on any atom is -0.395 e. The third-order valence-corrected chi connectivity index (χ3v) is 6.61. The zero-order valence-electron chi connectivity index (χ0n) is 12.7. The van der Waals surface area contributed by atoms with Crippen LogP contribution in [0.2, 0.25) is 0 Å². The Labute approximate surface area is 138 Å². The summed E-state index contributed by atoms with van der Waals surface area (Å²) < 4.78 is 27.2. The van der Waals surface area contributed by atoms with Crippen molar-refractivity contribution in [1.82, 2.24) is 14.7 Å². The Balaban J connectivity index is 2.01. The summed E-state index contributed by atoms with van der Waals surface area (Å²) in [6, 6.07) is 6.72. The number of rotatable bonds is 5. The quantitative estimate of drug-likeness (QED) is 0.657. The fourth-order valence-electron chi connectivity index (χ4n) is 2.34. The highest BCUT2D eigenvalue weighted by Crippen LogP contribution is 2.34. The van der Waals surface area contributed by atoms with E-state index in [0.717, 1.165) is 27.2 Å². The summed E-state index contributed by atoms with van der Waals surface area (Å²) in [6.45, 7) is 3.32. The second-order valence-electron chi connectivity index (χ2n) is 5.40. The van der Waals surface area contributed by atoms with Crippen molar-refractivity contribution < 1.29 is 13.5 Å². The number of fused-ring (bicyclic) bond motifs is 1. The first-order valence-electron chi connectivity index (χ1n) is 7.08. The first-order valence-corrected chi connectivity index (χ1v) is 9.38. The van der Waals surface area contributed by atoms with Crippen molar-refractivity contribution in [3.8, 4) is 10.4 Å². The molecule has 0 aliphatic heterocycles. The molecule has 0 saturated heterocycles. The molecule has 0 aliphatic rings. The van der Waals surface area contributed by atoms with Crippen LogP contribution < -0.4 is 4.72 Å². The van der Waals surface area contributed by atoms with E-state index in [9.17, 15) is 8.42 Å². The molecule has 6 nitrogen and oxygen atoms in total. The number of hydrogen-bond acceptors (Lipinski definition) is 5. The van der Waals surface area contributed by atoms with E-state index in [1.165, 1.54) is 11.3 Å². The van der Waals surface area contributed by atoms with Crippen molar-refractivity contribution in [2.45, 2.75) is 24.1 Å². The van der Waals surface area contributed by atoms with Gasteiger partial charge in [-0.05, 0) is 38.1 Å². The fraction of sp³-hybridized carbons (Fsp3) is 0.267. The molecule has 3 N–H and O–H groups in total. The molecule has 3 aromatic rings. The molecule has 23 heavy (non-hydrogen) atoms. The third-order valence-electron chi connectivity index (χ3n) is 3.41. The molecule has 0 aromatic carbocycles. The van der Waals surface area contributed by atoms with Crippen LogP contribution in [-0.4, -0.2) is 36.1 Å². The van der Waals surface area contributed by atoms with Crippen molar-refractivity contribution in [1.29, 1.82) is 0 Å². The highest BCUT2D eigenvalue weighted by Gasteiger charge is 2.20. The highest BCUT2D eigenvalue weighted by molar-refractivity contribution is 7.91. The van der Waals surface area contributed by atoms with E-state index in [2.05, 4.69) is 14.7 Å². The second-order valence-corrected chi connectivity index (χ2v) is 8.42. The van der Waals surface area contributed by atoms with Gasteiger partial charge in [-0.3, -0.25) is 0 Å². The van der Waals surface area contributed by atoms with E-state index in [0.29, 0.717) is 0 Å². The Bertz CT molecular complexity index is 944. The van der Waals surface area contributed by atoms with Crippen molar-refractivity contribution in [3.05, 3.63) is 36.2 Å². The smallest absolute Gasteiger partial charge is 0.250 e. The highest BCUT2D eigenvalue weighted by atomic mass is 32.2. The second kappa shape index (κ2) is 6.04. The van der Waals surface area contributed by atoms with Crippen LogP contribution in [-0.2, 0) is 10.0 Å². The first-order chi connectivity index (χ1) is 10.9. The average Bonchev–Trinajstić information content (AvgIpc) is 3.11. The van der Waals surface area contributed by atoms with E-state index in [1.807, 2.05) is 19.1 Å². The maximum absolute atomic E-state index is 12.3. The van der Waals surface area contributed by atoms with Gasteiger partial charge in [0.05, 0.1) is 6.61 Å². The maximum atomic E-state index is 12.3. The molecule has 0 aliphatic carbocycles. The average molecular weight is 351 g/mol. The number of nitrogens with zero attached hydrogens (tertiary/aromatic N) is 1. The molecule has 0 radical (unpaired) electrons. The number of hydrogen-bond donors (Lipinski definition) is 3. The van der Waals surface area contributed by atoms with Crippen LogP contribution in [0, 0.1) is 6.92 Å². The number of aryl methyl sites for hydroxylation is 1.